The number of hydrogen-bond acceptors (Lipinski definition) is 3. The number of hydrogen-bond donors (Lipinski definition) is 1. The zero-order valence-corrected chi connectivity index (χ0v) is 11.9. The molecule has 19 heavy (non-hydrogen) atoms. The monoisotopic (exact) mass is 257 g/mol. The van der Waals surface area contributed by atoms with Crippen LogP contribution in [0.5, 0.6) is 0 Å². The summed E-state index contributed by atoms with van der Waals surface area (Å²) in [6, 6.07) is 7.74. The van der Waals surface area contributed by atoms with Crippen LogP contribution in [-0.2, 0) is 0 Å². The van der Waals surface area contributed by atoms with Crippen molar-refractivity contribution in [2.75, 3.05) is 23.7 Å². The van der Waals surface area contributed by atoms with E-state index in [1.165, 1.54) is 25.7 Å². The van der Waals surface area contributed by atoms with Crippen LogP contribution in [0, 0.1) is 16.7 Å². The van der Waals surface area contributed by atoms with Crippen molar-refractivity contribution >= 4 is 11.4 Å². The third kappa shape index (κ3) is 2.68. The Bertz CT molecular complexity index is 473. The summed E-state index contributed by atoms with van der Waals surface area (Å²) >= 11 is 0. The second-order valence-electron chi connectivity index (χ2n) is 5.58. The van der Waals surface area contributed by atoms with Crippen molar-refractivity contribution < 1.29 is 0 Å². The highest BCUT2D eigenvalue weighted by molar-refractivity contribution is 5.69. The molecule has 3 heteroatoms. The molecular formula is C16H23N3. The quantitative estimate of drug-likeness (QED) is 0.842. The van der Waals surface area contributed by atoms with Crippen LogP contribution in [0.4, 0.5) is 11.4 Å². The Morgan fingerprint density at radius 1 is 1.26 bits per heavy atom. The summed E-state index contributed by atoms with van der Waals surface area (Å²) in [5.41, 5.74) is 9.03. The number of benzene rings is 1. The molecule has 0 amide bonds. The van der Waals surface area contributed by atoms with Gasteiger partial charge >= 0.3 is 0 Å². The number of nitriles is 1. The number of anilines is 2. The molecule has 1 aromatic rings. The zero-order chi connectivity index (χ0) is 13.9. The van der Waals surface area contributed by atoms with Crippen LogP contribution in [0.25, 0.3) is 0 Å². The molecule has 3 nitrogen and oxygen atoms in total. The standard InChI is InChI=1S/C16H23N3/c1-3-16(4-2)7-9-19(10-8-16)15-6-5-13(12-17)11-14(15)18/h5-6,11H,3-4,7-10,18H2,1-2H3. The van der Waals surface area contributed by atoms with Gasteiger partial charge in [0.1, 0.15) is 0 Å². The van der Waals surface area contributed by atoms with Gasteiger partial charge in [0.05, 0.1) is 23.0 Å². The van der Waals surface area contributed by atoms with Crippen molar-refractivity contribution in [2.24, 2.45) is 5.41 Å². The van der Waals surface area contributed by atoms with Crippen LogP contribution in [0.3, 0.4) is 0 Å². The van der Waals surface area contributed by atoms with Gasteiger partial charge in [-0.05, 0) is 36.5 Å². The Morgan fingerprint density at radius 3 is 2.37 bits per heavy atom. The van der Waals surface area contributed by atoms with Crippen molar-refractivity contribution in [2.45, 2.75) is 39.5 Å². The van der Waals surface area contributed by atoms with E-state index >= 15 is 0 Å². The molecule has 0 bridgehead atoms. The second kappa shape index (κ2) is 5.52. The lowest BCUT2D eigenvalue weighted by atomic mass is 9.74. The maximum Gasteiger partial charge on any atom is 0.0992 e. The SMILES string of the molecule is CCC1(CC)CCN(c2ccc(C#N)cc2N)CC1. The van der Waals surface area contributed by atoms with E-state index in [2.05, 4.69) is 24.8 Å². The van der Waals surface area contributed by atoms with Gasteiger partial charge in [-0.2, -0.15) is 5.26 Å². The average Bonchev–Trinajstić information content (AvgIpc) is 2.47. The Hall–Kier alpha value is -1.69. The average molecular weight is 257 g/mol. The first kappa shape index (κ1) is 13.7. The third-order valence-corrected chi connectivity index (χ3v) is 4.82. The fraction of sp³-hybridized carbons (Fsp3) is 0.562. The summed E-state index contributed by atoms with van der Waals surface area (Å²) in [6.45, 7) is 6.74. The fourth-order valence-electron chi connectivity index (χ4n) is 3.09. The number of piperidine rings is 1. The molecule has 0 aliphatic carbocycles. The summed E-state index contributed by atoms with van der Waals surface area (Å²) in [5, 5.41) is 8.88. The van der Waals surface area contributed by atoms with Crippen molar-refractivity contribution in [3.63, 3.8) is 0 Å². The first-order valence-corrected chi connectivity index (χ1v) is 7.18. The largest absolute Gasteiger partial charge is 0.397 e. The molecule has 1 heterocycles. The van der Waals surface area contributed by atoms with E-state index in [1.54, 1.807) is 6.07 Å². The Kier molecular flexibility index (Phi) is 3.99. The predicted molar refractivity (Wildman–Crippen MR) is 80.0 cm³/mol. The lowest BCUT2D eigenvalue weighted by Crippen LogP contribution is -2.39. The Morgan fingerprint density at radius 2 is 1.89 bits per heavy atom. The van der Waals surface area contributed by atoms with E-state index in [1.807, 2.05) is 12.1 Å². The molecule has 1 aromatic carbocycles. The van der Waals surface area contributed by atoms with Gasteiger partial charge in [0.25, 0.3) is 0 Å². The number of nitrogens with zero attached hydrogens (tertiary/aromatic N) is 2. The molecule has 0 atom stereocenters. The highest BCUT2D eigenvalue weighted by Gasteiger charge is 2.31. The predicted octanol–water partition coefficient (Wildman–Crippen LogP) is 3.55. The molecule has 0 saturated carbocycles. The molecule has 2 rings (SSSR count). The maximum atomic E-state index is 8.88. The highest BCUT2D eigenvalue weighted by atomic mass is 15.1. The summed E-state index contributed by atoms with van der Waals surface area (Å²) in [6.07, 6.45) is 5.00. The van der Waals surface area contributed by atoms with Crippen LogP contribution in [0.2, 0.25) is 0 Å². The molecule has 0 radical (unpaired) electrons. The van der Waals surface area contributed by atoms with E-state index in [0.29, 0.717) is 11.0 Å². The minimum absolute atomic E-state index is 0.526. The zero-order valence-electron chi connectivity index (χ0n) is 11.9. The minimum atomic E-state index is 0.526. The van der Waals surface area contributed by atoms with Crippen LogP contribution < -0.4 is 10.6 Å². The molecule has 0 unspecified atom stereocenters. The van der Waals surface area contributed by atoms with Gasteiger partial charge in [0.15, 0.2) is 0 Å². The molecular weight excluding hydrogens is 234 g/mol. The van der Waals surface area contributed by atoms with Gasteiger partial charge in [0.2, 0.25) is 0 Å². The molecule has 0 aromatic heterocycles. The minimum Gasteiger partial charge on any atom is -0.397 e. The lowest BCUT2D eigenvalue weighted by Gasteiger charge is -2.42. The van der Waals surface area contributed by atoms with Gasteiger partial charge in [-0.15, -0.1) is 0 Å². The molecule has 1 aliphatic rings. The summed E-state index contributed by atoms with van der Waals surface area (Å²) in [7, 11) is 0. The first-order valence-electron chi connectivity index (χ1n) is 7.18. The molecule has 1 fully saturated rings. The smallest absolute Gasteiger partial charge is 0.0992 e. The van der Waals surface area contributed by atoms with E-state index in [9.17, 15) is 0 Å². The molecule has 2 N–H and O–H groups in total. The molecule has 102 valence electrons. The third-order valence-electron chi connectivity index (χ3n) is 4.82. The number of nitrogens with two attached hydrogens (primary N) is 1. The Labute approximate surface area is 116 Å². The van der Waals surface area contributed by atoms with Crippen molar-refractivity contribution in [1.29, 1.82) is 5.26 Å². The highest BCUT2D eigenvalue weighted by Crippen LogP contribution is 2.40. The van der Waals surface area contributed by atoms with Crippen LogP contribution in [0.1, 0.15) is 45.1 Å². The lowest BCUT2D eigenvalue weighted by molar-refractivity contribution is 0.199. The molecule has 0 spiro atoms. The van der Waals surface area contributed by atoms with Gasteiger partial charge in [-0.25, -0.2) is 0 Å². The normalized spacial score (nSPS) is 18.1. The Balaban J connectivity index is 2.12. The first-order chi connectivity index (χ1) is 9.14. The van der Waals surface area contributed by atoms with Gasteiger partial charge in [-0.1, -0.05) is 26.7 Å². The van der Waals surface area contributed by atoms with Crippen molar-refractivity contribution in [3.8, 4) is 6.07 Å². The van der Waals surface area contributed by atoms with E-state index in [0.717, 1.165) is 24.5 Å². The number of rotatable bonds is 3. The van der Waals surface area contributed by atoms with Gasteiger partial charge in [0, 0.05) is 13.1 Å². The summed E-state index contributed by atoms with van der Waals surface area (Å²) < 4.78 is 0. The number of nitrogen functional groups attached to an aromatic ring is 1. The summed E-state index contributed by atoms with van der Waals surface area (Å²) in [4.78, 5) is 2.36. The second-order valence-corrected chi connectivity index (χ2v) is 5.58. The van der Waals surface area contributed by atoms with Crippen molar-refractivity contribution in [1.82, 2.24) is 0 Å². The van der Waals surface area contributed by atoms with E-state index < -0.39 is 0 Å². The topological polar surface area (TPSA) is 53.0 Å². The van der Waals surface area contributed by atoms with Crippen LogP contribution in [-0.4, -0.2) is 13.1 Å². The van der Waals surface area contributed by atoms with E-state index in [4.69, 9.17) is 11.0 Å². The van der Waals surface area contributed by atoms with Gasteiger partial charge in [-0.3, -0.25) is 0 Å². The summed E-state index contributed by atoms with van der Waals surface area (Å²) in [5.74, 6) is 0. The maximum absolute atomic E-state index is 8.88. The van der Waals surface area contributed by atoms with E-state index in [-0.39, 0.29) is 0 Å². The fourth-order valence-corrected chi connectivity index (χ4v) is 3.09. The van der Waals surface area contributed by atoms with Crippen LogP contribution in [0.15, 0.2) is 18.2 Å². The van der Waals surface area contributed by atoms with Crippen LogP contribution >= 0.6 is 0 Å². The van der Waals surface area contributed by atoms with Crippen molar-refractivity contribution in [3.05, 3.63) is 23.8 Å². The molecule has 1 saturated heterocycles. The molecule has 1 aliphatic heterocycles. The van der Waals surface area contributed by atoms with Gasteiger partial charge < -0.3 is 10.6 Å².